The Balaban J connectivity index is -0.00000134. The normalized spacial score (nSPS) is 9.11. The van der Waals surface area contributed by atoms with Crippen molar-refractivity contribution < 1.29 is 28.7 Å². The maximum atomic E-state index is 11.4. The molecule has 0 aromatic heterocycles. The van der Waals surface area contributed by atoms with Crippen molar-refractivity contribution in [2.75, 3.05) is 57.6 Å². The van der Waals surface area contributed by atoms with Crippen LogP contribution in [0.5, 0.6) is 0 Å². The summed E-state index contributed by atoms with van der Waals surface area (Å²) in [7, 11) is 0. The number of rotatable bonds is 14. The first-order valence-electron chi connectivity index (χ1n) is 8.75. The molecule has 0 rings (SSSR count). The van der Waals surface area contributed by atoms with Crippen molar-refractivity contribution in [2.24, 2.45) is 5.90 Å². The second kappa shape index (κ2) is 27.2. The lowest BCUT2D eigenvalue weighted by atomic mass is 10.4. The number of carbonyl (C=O) groups excluding carboxylic acids is 3. The molecule has 0 unspecified atom stereocenters. The Bertz CT molecular complexity index is 362. The zero-order valence-corrected chi connectivity index (χ0v) is 18.9. The highest BCUT2D eigenvalue weighted by Gasteiger charge is 2.02. The Morgan fingerprint density at radius 2 is 1.26 bits per heavy atom. The molecule has 0 aromatic rings. The standard InChI is InChI=1S/C13H26N4O6.C2H6.CH3I/c1-2-11(18)17-5-6-21-7-8-22-9-12(19)15-3-4-16-13(20)10-23-14;2*1-2/h2-10,14H2,1H3,(H,15,19)(H,16,20)(H,17,18);1-2H3;1H3. The molecule has 0 saturated heterocycles. The summed E-state index contributed by atoms with van der Waals surface area (Å²) in [4.78, 5) is 39.4. The minimum Gasteiger partial charge on any atom is -0.377 e. The monoisotopic (exact) mass is 506 g/mol. The molecule has 0 saturated carbocycles. The molecule has 27 heavy (non-hydrogen) atoms. The number of halogens is 1. The van der Waals surface area contributed by atoms with Crippen LogP contribution in [0.25, 0.3) is 0 Å². The summed E-state index contributed by atoms with van der Waals surface area (Å²) in [5.74, 6) is 4.07. The molecular formula is C16H35IN4O6. The number of hydrogen-bond acceptors (Lipinski definition) is 7. The first-order valence-corrected chi connectivity index (χ1v) is 10.9. The molecular weight excluding hydrogens is 471 g/mol. The van der Waals surface area contributed by atoms with Crippen LogP contribution in [0.3, 0.4) is 0 Å². The Hall–Kier alpha value is -1.02. The van der Waals surface area contributed by atoms with Crippen molar-refractivity contribution >= 4 is 40.3 Å². The number of nitrogens with one attached hydrogen (secondary N) is 3. The molecule has 5 N–H and O–H groups in total. The second-order valence-corrected chi connectivity index (χ2v) is 4.38. The number of nitrogens with two attached hydrogens (primary N) is 1. The fourth-order valence-electron chi connectivity index (χ4n) is 1.35. The molecule has 11 heteroatoms. The van der Waals surface area contributed by atoms with E-state index >= 15 is 0 Å². The van der Waals surface area contributed by atoms with E-state index in [1.165, 1.54) is 0 Å². The molecule has 162 valence electrons. The van der Waals surface area contributed by atoms with Crippen LogP contribution in [0.2, 0.25) is 0 Å². The van der Waals surface area contributed by atoms with Crippen LogP contribution < -0.4 is 21.8 Å². The first kappa shape index (κ1) is 30.7. The SMILES string of the molecule is CC.CCC(=O)NCCOCCOCC(=O)NCCNC(=O)CON.CI. The summed E-state index contributed by atoms with van der Waals surface area (Å²) in [5.41, 5.74) is 0. The highest BCUT2D eigenvalue weighted by molar-refractivity contribution is 14.1. The van der Waals surface area contributed by atoms with E-state index < -0.39 is 0 Å². The van der Waals surface area contributed by atoms with Gasteiger partial charge in [-0.2, -0.15) is 0 Å². The van der Waals surface area contributed by atoms with E-state index in [-0.39, 0.29) is 50.6 Å². The average Bonchev–Trinajstić information content (AvgIpc) is 2.70. The molecule has 0 radical (unpaired) electrons. The van der Waals surface area contributed by atoms with Gasteiger partial charge in [-0.25, -0.2) is 5.90 Å². The van der Waals surface area contributed by atoms with Gasteiger partial charge in [-0.15, -0.1) is 0 Å². The minimum atomic E-state index is -0.356. The quantitative estimate of drug-likeness (QED) is 0.110. The first-order chi connectivity index (χ1) is 13.1. The smallest absolute Gasteiger partial charge is 0.248 e. The number of amides is 3. The molecule has 0 bridgehead atoms. The molecule has 0 atom stereocenters. The predicted octanol–water partition coefficient (Wildman–Crippen LogP) is -0.254. The number of carbonyl (C=O) groups is 3. The summed E-state index contributed by atoms with van der Waals surface area (Å²) >= 11 is 2.15. The number of alkyl halides is 1. The second-order valence-electron chi connectivity index (χ2n) is 4.38. The van der Waals surface area contributed by atoms with E-state index in [2.05, 4.69) is 43.4 Å². The highest BCUT2D eigenvalue weighted by Crippen LogP contribution is 1.80. The van der Waals surface area contributed by atoms with Crippen LogP contribution in [0.4, 0.5) is 0 Å². The van der Waals surface area contributed by atoms with Gasteiger partial charge in [0.2, 0.25) is 17.7 Å². The highest BCUT2D eigenvalue weighted by atomic mass is 127. The van der Waals surface area contributed by atoms with Crippen LogP contribution >= 0.6 is 22.6 Å². The van der Waals surface area contributed by atoms with Crippen LogP contribution in [0.1, 0.15) is 27.2 Å². The van der Waals surface area contributed by atoms with Gasteiger partial charge in [-0.1, -0.05) is 43.4 Å². The predicted molar refractivity (Wildman–Crippen MR) is 112 cm³/mol. The van der Waals surface area contributed by atoms with E-state index in [0.717, 1.165) is 0 Å². The van der Waals surface area contributed by atoms with Gasteiger partial charge < -0.3 is 25.4 Å². The van der Waals surface area contributed by atoms with E-state index in [1.54, 1.807) is 6.92 Å². The van der Waals surface area contributed by atoms with Crippen molar-refractivity contribution in [1.82, 2.24) is 16.0 Å². The zero-order chi connectivity index (χ0) is 21.3. The average molecular weight is 506 g/mol. The summed E-state index contributed by atoms with van der Waals surface area (Å²) in [6, 6.07) is 0. The Labute approximate surface area is 175 Å². The third kappa shape index (κ3) is 27.3. The van der Waals surface area contributed by atoms with E-state index in [4.69, 9.17) is 15.4 Å². The molecule has 0 heterocycles. The molecule has 10 nitrogen and oxygen atoms in total. The van der Waals surface area contributed by atoms with Gasteiger partial charge in [0.15, 0.2) is 0 Å². The molecule has 0 aliphatic rings. The zero-order valence-electron chi connectivity index (χ0n) is 16.8. The maximum Gasteiger partial charge on any atom is 0.248 e. The van der Waals surface area contributed by atoms with Crippen molar-refractivity contribution in [1.29, 1.82) is 0 Å². The van der Waals surface area contributed by atoms with E-state index in [1.807, 2.05) is 18.8 Å². The molecule has 0 spiro atoms. The molecule has 0 fully saturated rings. The summed E-state index contributed by atoms with van der Waals surface area (Å²) < 4.78 is 10.3. The minimum absolute atomic E-state index is 0.0201. The van der Waals surface area contributed by atoms with E-state index in [0.29, 0.717) is 26.2 Å². The summed E-state index contributed by atoms with van der Waals surface area (Å²) in [5, 5.41) is 7.74. The third-order valence-electron chi connectivity index (χ3n) is 2.48. The third-order valence-corrected chi connectivity index (χ3v) is 2.48. The summed E-state index contributed by atoms with van der Waals surface area (Å²) in [6.07, 6.45) is 0.447. The molecule has 3 amide bonds. The summed E-state index contributed by atoms with van der Waals surface area (Å²) in [6.45, 7) is 7.49. The van der Waals surface area contributed by atoms with Crippen molar-refractivity contribution in [3.05, 3.63) is 0 Å². The van der Waals surface area contributed by atoms with Gasteiger partial charge in [-0.05, 0) is 4.93 Å². The van der Waals surface area contributed by atoms with Crippen LogP contribution in [-0.2, 0) is 28.7 Å². The van der Waals surface area contributed by atoms with E-state index in [9.17, 15) is 14.4 Å². The number of ether oxygens (including phenoxy) is 2. The van der Waals surface area contributed by atoms with Gasteiger partial charge in [0.05, 0.1) is 19.8 Å². The fourth-order valence-corrected chi connectivity index (χ4v) is 1.35. The molecule has 0 aliphatic heterocycles. The Kier molecular flexibility index (Phi) is 30.9. The molecule has 0 aromatic carbocycles. The fraction of sp³-hybridized carbons (Fsp3) is 0.812. The van der Waals surface area contributed by atoms with Crippen molar-refractivity contribution in [3.8, 4) is 0 Å². The van der Waals surface area contributed by atoms with Crippen LogP contribution in [0.15, 0.2) is 0 Å². The van der Waals surface area contributed by atoms with Gasteiger partial charge in [0, 0.05) is 26.1 Å². The van der Waals surface area contributed by atoms with Gasteiger partial charge in [-0.3, -0.25) is 19.2 Å². The largest absolute Gasteiger partial charge is 0.377 e. The number of hydrogen-bond donors (Lipinski definition) is 4. The lowest BCUT2D eigenvalue weighted by Crippen LogP contribution is -2.38. The lowest BCUT2D eigenvalue weighted by Gasteiger charge is -2.08. The van der Waals surface area contributed by atoms with Crippen LogP contribution in [0, 0.1) is 0 Å². The Morgan fingerprint density at radius 3 is 1.78 bits per heavy atom. The topological polar surface area (TPSA) is 141 Å². The van der Waals surface area contributed by atoms with Crippen LogP contribution in [-0.4, -0.2) is 75.3 Å². The lowest BCUT2D eigenvalue weighted by molar-refractivity contribution is -0.127. The molecule has 0 aliphatic carbocycles. The van der Waals surface area contributed by atoms with Gasteiger partial charge in [0.1, 0.15) is 13.2 Å². The van der Waals surface area contributed by atoms with Crippen molar-refractivity contribution in [3.63, 3.8) is 0 Å². The maximum absolute atomic E-state index is 11.4. The van der Waals surface area contributed by atoms with Gasteiger partial charge in [0.25, 0.3) is 0 Å². The van der Waals surface area contributed by atoms with Crippen molar-refractivity contribution in [2.45, 2.75) is 27.2 Å². The Morgan fingerprint density at radius 1 is 0.778 bits per heavy atom. The van der Waals surface area contributed by atoms with Gasteiger partial charge >= 0.3 is 0 Å².